The van der Waals surface area contributed by atoms with E-state index in [1.165, 1.54) is 0 Å². The van der Waals surface area contributed by atoms with Gasteiger partial charge >= 0.3 is 0 Å². The average molecular weight is 203 g/mol. The van der Waals surface area contributed by atoms with E-state index in [1.807, 2.05) is 4.68 Å². The zero-order chi connectivity index (χ0) is 9.52. The van der Waals surface area contributed by atoms with Gasteiger partial charge in [0.1, 0.15) is 12.2 Å². The number of nitrogens with zero attached hydrogens (tertiary/aromatic N) is 3. The second-order valence-corrected chi connectivity index (χ2v) is 3.09. The van der Waals surface area contributed by atoms with Crippen LogP contribution >= 0.6 is 11.6 Å². The predicted molar refractivity (Wildman–Crippen MR) is 52.7 cm³/mol. The van der Waals surface area contributed by atoms with Gasteiger partial charge in [-0.25, -0.2) is 9.67 Å². The van der Waals surface area contributed by atoms with Crippen LogP contribution in [0.5, 0.6) is 0 Å². The molecule has 1 rings (SSSR count). The molecule has 0 spiro atoms. The number of hydrogen-bond donors (Lipinski definition) is 1. The molecule has 0 atom stereocenters. The fourth-order valence-electron chi connectivity index (χ4n) is 1.08. The summed E-state index contributed by atoms with van der Waals surface area (Å²) in [6.07, 6.45) is 2.57. The van der Waals surface area contributed by atoms with Crippen LogP contribution in [0.2, 0.25) is 0 Å². The van der Waals surface area contributed by atoms with Gasteiger partial charge in [0.15, 0.2) is 0 Å². The van der Waals surface area contributed by atoms with Gasteiger partial charge in [0.2, 0.25) is 0 Å². The first-order chi connectivity index (χ1) is 6.38. The van der Waals surface area contributed by atoms with Crippen LogP contribution in [-0.2, 0) is 13.1 Å². The molecule has 0 radical (unpaired) electrons. The quantitative estimate of drug-likeness (QED) is 0.553. The largest absolute Gasteiger partial charge is 0.310 e. The van der Waals surface area contributed by atoms with E-state index in [1.54, 1.807) is 6.33 Å². The van der Waals surface area contributed by atoms with Gasteiger partial charge in [-0.3, -0.25) is 0 Å². The monoisotopic (exact) mass is 202 g/mol. The molecule has 13 heavy (non-hydrogen) atoms. The van der Waals surface area contributed by atoms with E-state index < -0.39 is 0 Å². The number of halogens is 1. The van der Waals surface area contributed by atoms with Gasteiger partial charge in [-0.2, -0.15) is 5.10 Å². The normalized spacial score (nSPS) is 10.6. The van der Waals surface area contributed by atoms with Crippen molar-refractivity contribution in [2.75, 3.05) is 12.4 Å². The first-order valence-electron chi connectivity index (χ1n) is 4.51. The maximum absolute atomic E-state index is 5.55. The first-order valence-corrected chi connectivity index (χ1v) is 5.05. The summed E-state index contributed by atoms with van der Waals surface area (Å²) in [6.45, 7) is 4.62. The minimum absolute atomic E-state index is 0.702. The summed E-state index contributed by atoms with van der Waals surface area (Å²) in [5, 5.41) is 7.33. The van der Waals surface area contributed by atoms with Crippen molar-refractivity contribution >= 4 is 11.6 Å². The van der Waals surface area contributed by atoms with Crippen molar-refractivity contribution in [1.29, 1.82) is 0 Å². The molecule has 0 aliphatic rings. The van der Waals surface area contributed by atoms with Crippen LogP contribution in [0.4, 0.5) is 0 Å². The molecule has 0 aromatic carbocycles. The lowest BCUT2D eigenvalue weighted by atomic mass is 10.4. The zero-order valence-corrected chi connectivity index (χ0v) is 8.59. The zero-order valence-electron chi connectivity index (χ0n) is 7.83. The standard InChI is InChI=1S/C8H15ClN4/c1-2-13-8(11-7-12-13)6-10-5-3-4-9/h7,10H,2-6H2,1H3. The van der Waals surface area contributed by atoms with Crippen LogP contribution < -0.4 is 5.32 Å². The van der Waals surface area contributed by atoms with Gasteiger partial charge in [0.25, 0.3) is 0 Å². The Labute approximate surface area is 83.3 Å². The van der Waals surface area contributed by atoms with Crippen molar-refractivity contribution in [3.05, 3.63) is 12.2 Å². The molecular weight excluding hydrogens is 188 g/mol. The van der Waals surface area contributed by atoms with E-state index in [0.29, 0.717) is 5.88 Å². The third-order valence-corrected chi connectivity index (χ3v) is 2.03. The fraction of sp³-hybridized carbons (Fsp3) is 0.750. The van der Waals surface area contributed by atoms with Crippen molar-refractivity contribution in [2.24, 2.45) is 0 Å². The third kappa shape index (κ3) is 3.32. The van der Waals surface area contributed by atoms with Gasteiger partial charge in [0.05, 0.1) is 6.54 Å². The molecule has 0 saturated carbocycles. The van der Waals surface area contributed by atoms with Gasteiger partial charge in [-0.1, -0.05) is 0 Å². The molecule has 0 saturated heterocycles. The smallest absolute Gasteiger partial charge is 0.140 e. The number of rotatable bonds is 6. The Balaban J connectivity index is 2.27. The summed E-state index contributed by atoms with van der Waals surface area (Å²) in [7, 11) is 0. The molecule has 1 N–H and O–H groups in total. The van der Waals surface area contributed by atoms with E-state index >= 15 is 0 Å². The molecule has 0 aliphatic heterocycles. The van der Waals surface area contributed by atoms with Crippen LogP contribution in [0.3, 0.4) is 0 Å². The Morgan fingerprint density at radius 3 is 3.15 bits per heavy atom. The summed E-state index contributed by atoms with van der Waals surface area (Å²) >= 11 is 5.55. The maximum Gasteiger partial charge on any atom is 0.140 e. The lowest BCUT2D eigenvalue weighted by molar-refractivity contribution is 0.571. The minimum atomic E-state index is 0.702. The molecule has 5 heteroatoms. The van der Waals surface area contributed by atoms with Crippen LogP contribution in [-0.4, -0.2) is 27.2 Å². The molecular formula is C8H15ClN4. The number of hydrogen-bond acceptors (Lipinski definition) is 3. The average Bonchev–Trinajstić information content (AvgIpc) is 2.60. The number of nitrogens with one attached hydrogen (secondary N) is 1. The van der Waals surface area contributed by atoms with Gasteiger partial charge in [0, 0.05) is 12.4 Å². The molecule has 0 aliphatic carbocycles. The van der Waals surface area contributed by atoms with Crippen molar-refractivity contribution in [3.63, 3.8) is 0 Å². The number of aromatic nitrogens is 3. The van der Waals surface area contributed by atoms with Gasteiger partial charge in [-0.15, -0.1) is 11.6 Å². The highest BCUT2D eigenvalue weighted by molar-refractivity contribution is 6.17. The number of alkyl halides is 1. The van der Waals surface area contributed by atoms with E-state index in [9.17, 15) is 0 Å². The molecule has 1 aromatic rings. The Morgan fingerprint density at radius 1 is 1.62 bits per heavy atom. The van der Waals surface area contributed by atoms with Gasteiger partial charge < -0.3 is 5.32 Å². The van der Waals surface area contributed by atoms with E-state index in [0.717, 1.165) is 31.9 Å². The third-order valence-electron chi connectivity index (χ3n) is 1.77. The fourth-order valence-corrected chi connectivity index (χ4v) is 1.21. The van der Waals surface area contributed by atoms with Crippen molar-refractivity contribution in [3.8, 4) is 0 Å². The molecule has 0 amide bonds. The Hall–Kier alpha value is -0.610. The molecule has 1 aromatic heterocycles. The molecule has 1 heterocycles. The van der Waals surface area contributed by atoms with Crippen LogP contribution in [0, 0.1) is 0 Å². The summed E-state index contributed by atoms with van der Waals surface area (Å²) in [4.78, 5) is 4.14. The van der Waals surface area contributed by atoms with Crippen LogP contribution in [0.25, 0.3) is 0 Å². The molecule has 0 bridgehead atoms. The predicted octanol–water partition coefficient (Wildman–Crippen LogP) is 1.02. The topological polar surface area (TPSA) is 42.7 Å². The van der Waals surface area contributed by atoms with Gasteiger partial charge in [-0.05, 0) is 19.9 Å². The summed E-state index contributed by atoms with van der Waals surface area (Å²) in [5.41, 5.74) is 0. The second kappa shape index (κ2) is 5.94. The Bertz CT molecular complexity index is 236. The molecule has 0 unspecified atom stereocenters. The van der Waals surface area contributed by atoms with Crippen molar-refractivity contribution < 1.29 is 0 Å². The second-order valence-electron chi connectivity index (χ2n) is 2.71. The van der Waals surface area contributed by atoms with Crippen molar-refractivity contribution in [1.82, 2.24) is 20.1 Å². The minimum Gasteiger partial charge on any atom is -0.310 e. The highest BCUT2D eigenvalue weighted by atomic mass is 35.5. The molecule has 74 valence electrons. The van der Waals surface area contributed by atoms with E-state index in [-0.39, 0.29) is 0 Å². The summed E-state index contributed by atoms with van der Waals surface area (Å²) in [5.74, 6) is 1.69. The Kier molecular flexibility index (Phi) is 4.78. The van der Waals surface area contributed by atoms with Crippen LogP contribution in [0.1, 0.15) is 19.2 Å². The summed E-state index contributed by atoms with van der Waals surface area (Å²) < 4.78 is 1.88. The highest BCUT2D eigenvalue weighted by Crippen LogP contribution is 1.92. The van der Waals surface area contributed by atoms with E-state index in [2.05, 4.69) is 22.3 Å². The highest BCUT2D eigenvalue weighted by Gasteiger charge is 2.00. The van der Waals surface area contributed by atoms with Crippen molar-refractivity contribution in [2.45, 2.75) is 26.4 Å². The maximum atomic E-state index is 5.55. The molecule has 4 nitrogen and oxygen atoms in total. The lowest BCUT2D eigenvalue weighted by Gasteiger charge is -2.03. The summed E-state index contributed by atoms with van der Waals surface area (Å²) in [6, 6.07) is 0. The SMILES string of the molecule is CCn1ncnc1CNCCCCl. The first kappa shape index (κ1) is 10.5. The lowest BCUT2D eigenvalue weighted by Crippen LogP contribution is -2.18. The van der Waals surface area contributed by atoms with Crippen LogP contribution in [0.15, 0.2) is 6.33 Å². The van der Waals surface area contributed by atoms with E-state index in [4.69, 9.17) is 11.6 Å². The number of aryl methyl sites for hydroxylation is 1. The molecule has 0 fully saturated rings. The Morgan fingerprint density at radius 2 is 2.46 bits per heavy atom.